The van der Waals surface area contributed by atoms with E-state index < -0.39 is 11.4 Å². The van der Waals surface area contributed by atoms with Crippen LogP contribution in [0.5, 0.6) is 0 Å². The molecule has 7 nitrogen and oxygen atoms in total. The largest absolute Gasteiger partial charge is 0.481 e. The Labute approximate surface area is 117 Å². The third-order valence-electron chi connectivity index (χ3n) is 4.26. The van der Waals surface area contributed by atoms with Crippen LogP contribution in [0.1, 0.15) is 32.6 Å². The summed E-state index contributed by atoms with van der Waals surface area (Å²) < 4.78 is 0. The van der Waals surface area contributed by atoms with Crippen LogP contribution in [0.25, 0.3) is 0 Å². The molecule has 0 radical (unpaired) electrons. The van der Waals surface area contributed by atoms with E-state index in [-0.39, 0.29) is 18.0 Å². The van der Waals surface area contributed by atoms with Crippen molar-refractivity contribution >= 4 is 17.9 Å². The van der Waals surface area contributed by atoms with Crippen LogP contribution >= 0.6 is 0 Å². The number of carboxylic acid groups (broad SMARTS) is 1. The summed E-state index contributed by atoms with van der Waals surface area (Å²) >= 11 is 0. The number of nitrogens with one attached hydrogen (secondary N) is 2. The van der Waals surface area contributed by atoms with Gasteiger partial charge in [-0.2, -0.15) is 0 Å². The van der Waals surface area contributed by atoms with Crippen molar-refractivity contribution in [1.82, 2.24) is 15.5 Å². The maximum absolute atomic E-state index is 12.1. The lowest BCUT2D eigenvalue weighted by Gasteiger charge is -2.37. The molecule has 0 saturated carbocycles. The van der Waals surface area contributed by atoms with Gasteiger partial charge in [-0.1, -0.05) is 0 Å². The number of hydrogen-bond acceptors (Lipinski definition) is 3. The molecule has 2 aliphatic rings. The molecule has 0 bridgehead atoms. The van der Waals surface area contributed by atoms with Gasteiger partial charge >= 0.3 is 12.0 Å². The number of hydrogen-bond donors (Lipinski definition) is 3. The molecular weight excluding hydrogens is 262 g/mol. The van der Waals surface area contributed by atoms with Gasteiger partial charge in [0.15, 0.2) is 0 Å². The van der Waals surface area contributed by atoms with E-state index in [1.165, 1.54) is 0 Å². The molecule has 20 heavy (non-hydrogen) atoms. The van der Waals surface area contributed by atoms with Crippen LogP contribution in [0, 0.1) is 5.41 Å². The molecule has 3 N–H and O–H groups in total. The highest BCUT2D eigenvalue weighted by molar-refractivity contribution is 5.79. The summed E-state index contributed by atoms with van der Waals surface area (Å²) in [6.07, 6.45) is 2.02. The molecule has 7 heteroatoms. The predicted octanol–water partition coefficient (Wildman–Crippen LogP) is 0.161. The lowest BCUT2D eigenvalue weighted by molar-refractivity contribution is -0.150. The Morgan fingerprint density at radius 2 is 2.05 bits per heavy atom. The Balaban J connectivity index is 1.80. The van der Waals surface area contributed by atoms with Crippen molar-refractivity contribution in [3.63, 3.8) is 0 Å². The van der Waals surface area contributed by atoms with Crippen LogP contribution in [0.3, 0.4) is 0 Å². The fraction of sp³-hybridized carbons (Fsp3) is 0.769. The van der Waals surface area contributed by atoms with Crippen molar-refractivity contribution in [2.75, 3.05) is 19.6 Å². The number of nitrogens with zero attached hydrogens (tertiary/aromatic N) is 1. The standard InChI is InChI=1S/C13H21N3O4/c1-13(11(18)19)4-6-16(7-5-13)12(20)15-9-2-3-10(17)14-8-9/h9H,2-8H2,1H3,(H,14,17)(H,15,20)(H,18,19). The van der Waals surface area contributed by atoms with E-state index in [4.69, 9.17) is 5.11 Å². The van der Waals surface area contributed by atoms with Crippen LogP contribution in [0.15, 0.2) is 0 Å². The molecular formula is C13H21N3O4. The Kier molecular flexibility index (Phi) is 4.15. The summed E-state index contributed by atoms with van der Waals surface area (Å²) in [5, 5.41) is 14.8. The number of amides is 3. The summed E-state index contributed by atoms with van der Waals surface area (Å²) in [5.41, 5.74) is -0.727. The first-order valence-electron chi connectivity index (χ1n) is 6.96. The van der Waals surface area contributed by atoms with Gasteiger partial charge in [-0.05, 0) is 26.2 Å². The van der Waals surface area contributed by atoms with Gasteiger partial charge in [-0.25, -0.2) is 4.79 Å². The molecule has 2 fully saturated rings. The molecule has 2 rings (SSSR count). The predicted molar refractivity (Wildman–Crippen MR) is 71.1 cm³/mol. The van der Waals surface area contributed by atoms with Crippen molar-refractivity contribution in [2.24, 2.45) is 5.41 Å². The first-order chi connectivity index (χ1) is 9.40. The van der Waals surface area contributed by atoms with Crippen molar-refractivity contribution in [3.8, 4) is 0 Å². The molecule has 1 unspecified atom stereocenters. The van der Waals surface area contributed by atoms with Gasteiger partial charge in [0.05, 0.1) is 5.41 Å². The van der Waals surface area contributed by atoms with Crippen molar-refractivity contribution in [1.29, 1.82) is 0 Å². The zero-order valence-corrected chi connectivity index (χ0v) is 11.6. The summed E-state index contributed by atoms with van der Waals surface area (Å²) in [5.74, 6) is -0.779. The van der Waals surface area contributed by atoms with Crippen molar-refractivity contribution in [3.05, 3.63) is 0 Å². The number of carboxylic acids is 1. The van der Waals surface area contributed by atoms with E-state index in [0.29, 0.717) is 45.3 Å². The molecule has 0 aromatic carbocycles. The number of piperidine rings is 2. The minimum absolute atomic E-state index is 0.0192. The second kappa shape index (κ2) is 5.68. The summed E-state index contributed by atoms with van der Waals surface area (Å²) in [6.45, 7) is 3.09. The first kappa shape index (κ1) is 14.6. The van der Waals surface area contributed by atoms with Gasteiger partial charge < -0.3 is 20.6 Å². The van der Waals surface area contributed by atoms with Gasteiger partial charge in [0, 0.05) is 32.1 Å². The van der Waals surface area contributed by atoms with E-state index in [9.17, 15) is 14.4 Å². The maximum atomic E-state index is 12.1. The Bertz CT molecular complexity index is 406. The number of likely N-dealkylation sites (tertiary alicyclic amines) is 1. The highest BCUT2D eigenvalue weighted by atomic mass is 16.4. The Morgan fingerprint density at radius 1 is 1.40 bits per heavy atom. The van der Waals surface area contributed by atoms with Gasteiger partial charge in [-0.15, -0.1) is 0 Å². The molecule has 2 heterocycles. The SMILES string of the molecule is CC1(C(=O)O)CCN(C(=O)NC2CCC(=O)NC2)CC1. The molecule has 0 aliphatic carbocycles. The lowest BCUT2D eigenvalue weighted by Crippen LogP contribution is -2.54. The van der Waals surface area contributed by atoms with E-state index in [1.807, 2.05) is 0 Å². The van der Waals surface area contributed by atoms with Crippen molar-refractivity contribution < 1.29 is 19.5 Å². The average Bonchev–Trinajstić information content (AvgIpc) is 2.42. The molecule has 0 aromatic rings. The highest BCUT2D eigenvalue weighted by Gasteiger charge is 2.38. The Morgan fingerprint density at radius 3 is 2.55 bits per heavy atom. The molecule has 1 atom stereocenters. The van der Waals surface area contributed by atoms with Crippen LogP contribution in [-0.4, -0.2) is 53.6 Å². The van der Waals surface area contributed by atoms with Gasteiger partial charge in [0.2, 0.25) is 5.91 Å². The smallest absolute Gasteiger partial charge is 0.317 e. The molecule has 0 aromatic heterocycles. The Hall–Kier alpha value is -1.79. The van der Waals surface area contributed by atoms with E-state index in [0.717, 1.165) is 0 Å². The average molecular weight is 283 g/mol. The minimum Gasteiger partial charge on any atom is -0.481 e. The minimum atomic E-state index is -0.799. The summed E-state index contributed by atoms with van der Waals surface area (Å²) in [7, 11) is 0. The third-order valence-corrected chi connectivity index (χ3v) is 4.26. The summed E-state index contributed by atoms with van der Waals surface area (Å²) in [6, 6.07) is -0.202. The molecule has 2 saturated heterocycles. The number of urea groups is 1. The third kappa shape index (κ3) is 3.20. The first-order valence-corrected chi connectivity index (χ1v) is 6.96. The molecule has 3 amide bonds. The van der Waals surface area contributed by atoms with Gasteiger partial charge in [-0.3, -0.25) is 9.59 Å². The van der Waals surface area contributed by atoms with E-state index in [2.05, 4.69) is 10.6 Å². The van der Waals surface area contributed by atoms with Crippen LogP contribution in [0.2, 0.25) is 0 Å². The molecule has 112 valence electrons. The van der Waals surface area contributed by atoms with Crippen LogP contribution < -0.4 is 10.6 Å². The highest BCUT2D eigenvalue weighted by Crippen LogP contribution is 2.30. The number of carbonyl (C=O) groups is 3. The molecule has 0 spiro atoms. The molecule has 2 aliphatic heterocycles. The fourth-order valence-electron chi connectivity index (χ4n) is 2.54. The normalized spacial score (nSPS) is 25.8. The van der Waals surface area contributed by atoms with E-state index >= 15 is 0 Å². The van der Waals surface area contributed by atoms with Gasteiger partial charge in [0.25, 0.3) is 0 Å². The zero-order valence-electron chi connectivity index (χ0n) is 11.6. The monoisotopic (exact) mass is 283 g/mol. The van der Waals surface area contributed by atoms with Crippen LogP contribution in [-0.2, 0) is 9.59 Å². The fourth-order valence-corrected chi connectivity index (χ4v) is 2.54. The number of rotatable bonds is 2. The number of carbonyl (C=O) groups excluding carboxylic acids is 2. The van der Waals surface area contributed by atoms with Crippen LogP contribution in [0.4, 0.5) is 4.79 Å². The second-order valence-corrected chi connectivity index (χ2v) is 5.84. The lowest BCUT2D eigenvalue weighted by atomic mass is 9.80. The van der Waals surface area contributed by atoms with E-state index in [1.54, 1.807) is 11.8 Å². The number of aliphatic carboxylic acids is 1. The topological polar surface area (TPSA) is 98.7 Å². The quantitative estimate of drug-likeness (QED) is 0.672. The zero-order chi connectivity index (χ0) is 14.8. The second-order valence-electron chi connectivity index (χ2n) is 5.84. The maximum Gasteiger partial charge on any atom is 0.317 e. The van der Waals surface area contributed by atoms with Crippen molar-refractivity contribution in [2.45, 2.75) is 38.6 Å². The summed E-state index contributed by atoms with van der Waals surface area (Å²) in [4.78, 5) is 35.9. The van der Waals surface area contributed by atoms with Gasteiger partial charge in [0.1, 0.15) is 0 Å².